The first-order valence-corrected chi connectivity index (χ1v) is 31.4. The number of hydrogen-bond donors (Lipinski definition) is 0. The number of hydrogen-bond acceptors (Lipinski definition) is 4. The molecule has 0 amide bonds. The summed E-state index contributed by atoms with van der Waals surface area (Å²) in [5, 5.41) is 7.54. The van der Waals surface area contributed by atoms with E-state index in [1.165, 1.54) is 129 Å². The quantitative estimate of drug-likeness (QED) is 0.152. The van der Waals surface area contributed by atoms with Gasteiger partial charge in [0.25, 0.3) is 0 Å². The minimum absolute atomic E-state index is 0.998. The normalized spacial score (nSPS) is 11.6. The molecule has 0 atom stereocenters. The van der Waals surface area contributed by atoms with Crippen LogP contribution in [0.1, 0.15) is 0 Å². The fraction of sp³-hybridized carbons (Fsp3) is 0. The maximum Gasteiger partial charge on any atom is 0.0895 e. The number of fused-ring (bicyclic) bond motifs is 12. The van der Waals surface area contributed by atoms with Gasteiger partial charge in [-0.3, -0.25) is 4.98 Å². The Labute approximate surface area is 516 Å². The van der Waals surface area contributed by atoms with Crippen LogP contribution in [0.25, 0.3) is 162 Å². The second-order valence-corrected chi connectivity index (χ2v) is 24.6. The van der Waals surface area contributed by atoms with Crippen LogP contribution in [0.15, 0.2) is 316 Å². The van der Waals surface area contributed by atoms with Crippen LogP contribution in [0.2, 0.25) is 0 Å². The summed E-state index contributed by atoms with van der Waals surface area (Å²) in [5.41, 5.74) is 23.5. The number of pyridine rings is 2. The molecule has 0 aliphatic heterocycles. The van der Waals surface area contributed by atoms with E-state index in [0.717, 1.165) is 33.7 Å². The Balaban J connectivity index is 0.000000137. The van der Waals surface area contributed by atoms with E-state index in [1.807, 2.05) is 12.3 Å². The lowest BCUT2D eigenvalue weighted by atomic mass is 9.96. The lowest BCUT2D eigenvalue weighted by Crippen LogP contribution is -1.94. The largest absolute Gasteiger partial charge is 0.309 e. The van der Waals surface area contributed by atoms with Gasteiger partial charge in [-0.1, -0.05) is 194 Å². The van der Waals surface area contributed by atoms with Crippen LogP contribution in [-0.2, 0) is 0 Å². The second-order valence-electron chi connectivity index (χ2n) is 22.5. The third-order valence-corrected chi connectivity index (χ3v) is 19.5. The van der Waals surface area contributed by atoms with Crippen molar-refractivity contribution in [3.05, 3.63) is 316 Å². The van der Waals surface area contributed by atoms with Crippen molar-refractivity contribution in [1.29, 1.82) is 0 Å². The number of rotatable bonds is 8. The van der Waals surface area contributed by atoms with Gasteiger partial charge in [0, 0.05) is 64.9 Å². The monoisotopic (exact) mass is 1160 g/mol. The molecular weight excluding hydrogens is 1110 g/mol. The van der Waals surface area contributed by atoms with Crippen LogP contribution in [0, 0.1) is 0 Å². The van der Waals surface area contributed by atoms with Gasteiger partial charge >= 0.3 is 0 Å². The lowest BCUT2D eigenvalue weighted by molar-refractivity contribution is 1.18. The van der Waals surface area contributed by atoms with Gasteiger partial charge in [-0.15, -0.1) is 22.7 Å². The molecule has 18 rings (SSSR count). The van der Waals surface area contributed by atoms with Gasteiger partial charge in [-0.05, 0) is 171 Å². The van der Waals surface area contributed by atoms with E-state index < -0.39 is 0 Å². The Morgan fingerprint density at radius 1 is 0.227 bits per heavy atom. The van der Waals surface area contributed by atoms with E-state index in [4.69, 9.17) is 4.98 Å². The number of aromatic nitrogens is 4. The molecule has 6 aromatic heterocycles. The third-order valence-electron chi connectivity index (χ3n) is 17.2. The van der Waals surface area contributed by atoms with Crippen molar-refractivity contribution in [2.75, 3.05) is 0 Å². The summed E-state index contributed by atoms with van der Waals surface area (Å²) in [7, 11) is 0. The predicted molar refractivity (Wildman–Crippen MR) is 376 cm³/mol. The maximum absolute atomic E-state index is 5.12. The minimum Gasteiger partial charge on any atom is -0.309 e. The molecular formula is C82H52N4S2. The predicted octanol–water partition coefficient (Wildman–Crippen LogP) is 23.1. The smallest absolute Gasteiger partial charge is 0.0895 e. The van der Waals surface area contributed by atoms with Gasteiger partial charge in [0.05, 0.1) is 48.2 Å². The Kier molecular flexibility index (Phi) is 12.6. The molecule has 0 aliphatic carbocycles. The first kappa shape index (κ1) is 51.4. The summed E-state index contributed by atoms with van der Waals surface area (Å²) in [5.74, 6) is 0. The maximum atomic E-state index is 5.12. The molecule has 0 saturated carbocycles. The summed E-state index contributed by atoms with van der Waals surface area (Å²) < 4.78 is 9.76. The zero-order valence-electron chi connectivity index (χ0n) is 47.6. The first-order valence-electron chi connectivity index (χ1n) is 29.8. The van der Waals surface area contributed by atoms with E-state index in [-0.39, 0.29) is 0 Å². The molecule has 4 nitrogen and oxygen atoms in total. The summed E-state index contributed by atoms with van der Waals surface area (Å²) in [6.07, 6.45) is 1.88. The summed E-state index contributed by atoms with van der Waals surface area (Å²) in [6, 6.07) is 112. The highest BCUT2D eigenvalue weighted by Gasteiger charge is 2.17. The zero-order valence-corrected chi connectivity index (χ0v) is 49.3. The Hall–Kier alpha value is -11.0. The van der Waals surface area contributed by atoms with Crippen LogP contribution < -0.4 is 0 Å². The molecule has 6 heterocycles. The Bertz CT molecular complexity index is 5280. The summed E-state index contributed by atoms with van der Waals surface area (Å²) in [6.45, 7) is 0. The van der Waals surface area contributed by atoms with Crippen molar-refractivity contribution in [3.63, 3.8) is 0 Å². The van der Waals surface area contributed by atoms with Crippen LogP contribution in [-0.4, -0.2) is 19.1 Å². The van der Waals surface area contributed by atoms with Crippen molar-refractivity contribution >= 4 is 107 Å². The van der Waals surface area contributed by atoms with Gasteiger partial charge in [-0.25, -0.2) is 4.98 Å². The molecule has 0 N–H and O–H groups in total. The molecule has 0 fully saturated rings. The van der Waals surface area contributed by atoms with Gasteiger partial charge in [0.2, 0.25) is 0 Å². The standard InChI is InChI=1S/2C41H26N2S/c1-4-19-37-33(16-1)34-17-2-5-20-38(34)43(37)32-15-9-13-30(26-32)28-11-7-10-27(24-28)29-12-8-14-31(25-29)36-22-23-40-41(42-36)35-18-3-6-21-39(35)44-40;1-3-17-37-34(15-1)35-16-2-4-18-38(35)43(37)33-14-7-13-31(25-33)29-11-5-9-27(23-29)28-10-6-12-30(24-28)32-20-21-39-36(26-32)41-40(44-39)19-8-22-42-41/h2*1-26H. The second kappa shape index (κ2) is 21.5. The van der Waals surface area contributed by atoms with Crippen LogP contribution in [0.5, 0.6) is 0 Å². The van der Waals surface area contributed by atoms with Crippen molar-refractivity contribution in [1.82, 2.24) is 19.1 Å². The highest BCUT2D eigenvalue weighted by molar-refractivity contribution is 7.26. The fourth-order valence-electron chi connectivity index (χ4n) is 13.1. The van der Waals surface area contributed by atoms with E-state index in [9.17, 15) is 0 Å². The third kappa shape index (κ3) is 9.05. The number of nitrogens with zero attached hydrogens (tertiary/aromatic N) is 4. The molecule has 0 aliphatic rings. The zero-order chi connectivity index (χ0) is 58.1. The van der Waals surface area contributed by atoms with Crippen LogP contribution in [0.4, 0.5) is 0 Å². The SMILES string of the molecule is c1cc(-c2cccc(-c3ccc4sc5ccccc5c4n3)c2)cc(-c2cccc(-n3c4ccccc4c4ccccc43)c2)c1.c1cc(-c2cccc(-c3ccc4sc5cccnc5c4c3)c2)cc(-c2cccc(-n3c4ccccc4c4ccccc43)c2)c1. The molecule has 6 heteroatoms. The van der Waals surface area contributed by atoms with Crippen molar-refractivity contribution in [2.45, 2.75) is 0 Å². The Morgan fingerprint density at radius 2 is 0.580 bits per heavy atom. The van der Waals surface area contributed by atoms with Crippen LogP contribution >= 0.6 is 22.7 Å². The molecule has 0 saturated heterocycles. The molecule has 0 bridgehead atoms. The van der Waals surface area contributed by atoms with Crippen LogP contribution in [0.3, 0.4) is 0 Å². The highest BCUT2D eigenvalue weighted by Crippen LogP contribution is 2.40. The van der Waals surface area contributed by atoms with E-state index in [1.54, 1.807) is 22.7 Å². The van der Waals surface area contributed by atoms with E-state index in [0.29, 0.717) is 0 Å². The molecule has 0 radical (unpaired) electrons. The number of para-hydroxylation sites is 4. The molecule has 0 unspecified atom stereocenters. The van der Waals surface area contributed by atoms with Gasteiger partial charge in [-0.2, -0.15) is 0 Å². The van der Waals surface area contributed by atoms with Gasteiger partial charge in [0.15, 0.2) is 0 Å². The average Bonchev–Trinajstić information content (AvgIpc) is 3.81. The topological polar surface area (TPSA) is 35.6 Å². The first-order chi connectivity index (χ1) is 43.6. The molecule has 0 spiro atoms. The van der Waals surface area contributed by atoms with Crippen molar-refractivity contribution in [3.8, 4) is 78.3 Å². The minimum atomic E-state index is 0.998. The molecule has 12 aromatic carbocycles. The van der Waals surface area contributed by atoms with Gasteiger partial charge < -0.3 is 9.13 Å². The lowest BCUT2D eigenvalue weighted by Gasteiger charge is -2.12. The van der Waals surface area contributed by atoms with Crippen molar-refractivity contribution in [2.24, 2.45) is 0 Å². The summed E-state index contributed by atoms with van der Waals surface area (Å²) in [4.78, 5) is 9.79. The molecule has 412 valence electrons. The van der Waals surface area contributed by atoms with E-state index in [2.05, 4.69) is 317 Å². The fourth-order valence-corrected chi connectivity index (χ4v) is 15.2. The summed E-state index contributed by atoms with van der Waals surface area (Å²) >= 11 is 3.60. The number of thiophene rings is 2. The highest BCUT2D eigenvalue weighted by atomic mass is 32.1. The molecule has 18 aromatic rings. The molecule has 88 heavy (non-hydrogen) atoms. The number of benzene rings is 12. The van der Waals surface area contributed by atoms with Gasteiger partial charge in [0.1, 0.15) is 0 Å². The van der Waals surface area contributed by atoms with E-state index >= 15 is 0 Å². The van der Waals surface area contributed by atoms with Crippen molar-refractivity contribution < 1.29 is 0 Å². The Morgan fingerprint density at radius 3 is 1.07 bits per heavy atom. The average molecular weight is 1160 g/mol.